The Morgan fingerprint density at radius 3 is 2.42 bits per heavy atom. The van der Waals surface area contributed by atoms with Crippen molar-refractivity contribution in [2.75, 3.05) is 5.32 Å². The van der Waals surface area contributed by atoms with E-state index in [4.69, 9.17) is 11.6 Å². The molecule has 0 amide bonds. The van der Waals surface area contributed by atoms with Crippen molar-refractivity contribution in [3.63, 3.8) is 0 Å². The Morgan fingerprint density at radius 2 is 1.79 bits per heavy atom. The molecule has 0 unspecified atom stereocenters. The molecule has 0 radical (unpaired) electrons. The fourth-order valence-corrected chi connectivity index (χ4v) is 1.84. The largest absolute Gasteiger partial charge is 0.340 e. The van der Waals surface area contributed by atoms with E-state index in [9.17, 15) is 8.78 Å². The molecule has 0 atom stereocenters. The lowest BCUT2D eigenvalue weighted by molar-refractivity contribution is 0.584. The molecule has 0 saturated heterocycles. The number of benzene rings is 1. The van der Waals surface area contributed by atoms with Gasteiger partial charge in [-0.25, -0.2) is 18.7 Å². The molecule has 3 nitrogen and oxygen atoms in total. The molecular formula is C13H12ClF2N3. The highest BCUT2D eigenvalue weighted by atomic mass is 35.5. The van der Waals surface area contributed by atoms with E-state index in [1.54, 1.807) is 0 Å². The molecule has 1 aromatic heterocycles. The van der Waals surface area contributed by atoms with Crippen molar-refractivity contribution in [1.29, 1.82) is 0 Å². The van der Waals surface area contributed by atoms with Gasteiger partial charge >= 0.3 is 0 Å². The number of aryl methyl sites for hydroxylation is 1. The number of nitrogens with zero attached hydrogens (tertiary/aromatic N) is 2. The summed E-state index contributed by atoms with van der Waals surface area (Å²) in [6, 6.07) is 4.67. The summed E-state index contributed by atoms with van der Waals surface area (Å²) in [5.74, 6) is -0.310. The standard InChI is InChI=1S/C13H12ClF2N3/c1-2-3-12-18-11(14)7-13(19-12)17-10-5-8(15)4-9(16)6-10/h4-7H,2-3H2,1H3,(H,17,18,19). The maximum atomic E-state index is 13.1. The smallest absolute Gasteiger partial charge is 0.135 e. The SMILES string of the molecule is CCCc1nc(Cl)cc(Nc2cc(F)cc(F)c2)n1. The highest BCUT2D eigenvalue weighted by molar-refractivity contribution is 6.29. The second-order valence-electron chi connectivity index (χ2n) is 4.03. The number of aromatic nitrogens is 2. The summed E-state index contributed by atoms with van der Waals surface area (Å²) in [4.78, 5) is 8.29. The Kier molecular flexibility index (Phi) is 4.27. The van der Waals surface area contributed by atoms with E-state index in [2.05, 4.69) is 15.3 Å². The summed E-state index contributed by atoms with van der Waals surface area (Å²) in [7, 11) is 0. The minimum absolute atomic E-state index is 0.273. The van der Waals surface area contributed by atoms with Crippen LogP contribution in [-0.4, -0.2) is 9.97 Å². The van der Waals surface area contributed by atoms with Crippen molar-refractivity contribution in [1.82, 2.24) is 9.97 Å². The van der Waals surface area contributed by atoms with Crippen molar-refractivity contribution in [3.05, 3.63) is 46.9 Å². The van der Waals surface area contributed by atoms with Gasteiger partial charge in [-0.05, 0) is 18.6 Å². The van der Waals surface area contributed by atoms with Gasteiger partial charge in [0.2, 0.25) is 0 Å². The summed E-state index contributed by atoms with van der Waals surface area (Å²) in [6.07, 6.45) is 1.57. The summed E-state index contributed by atoms with van der Waals surface area (Å²) in [6.45, 7) is 2.00. The average molecular weight is 284 g/mol. The first kappa shape index (κ1) is 13.7. The van der Waals surface area contributed by atoms with Crippen LogP contribution in [0.1, 0.15) is 19.2 Å². The number of anilines is 2. The third kappa shape index (κ3) is 3.86. The predicted octanol–water partition coefficient (Wildman–Crippen LogP) is 4.10. The van der Waals surface area contributed by atoms with Gasteiger partial charge in [0, 0.05) is 24.2 Å². The first-order valence-corrected chi connectivity index (χ1v) is 6.21. The Morgan fingerprint density at radius 1 is 1.11 bits per heavy atom. The Bertz CT molecular complexity index is 570. The Balaban J connectivity index is 2.27. The van der Waals surface area contributed by atoms with Gasteiger partial charge in [-0.15, -0.1) is 0 Å². The van der Waals surface area contributed by atoms with Crippen LogP contribution in [0.2, 0.25) is 5.15 Å². The maximum Gasteiger partial charge on any atom is 0.135 e. The molecule has 100 valence electrons. The lowest BCUT2D eigenvalue weighted by Gasteiger charge is -2.08. The quantitative estimate of drug-likeness (QED) is 0.858. The van der Waals surface area contributed by atoms with Gasteiger partial charge in [0.25, 0.3) is 0 Å². The molecule has 1 N–H and O–H groups in total. The Labute approximate surface area is 114 Å². The highest BCUT2D eigenvalue weighted by Crippen LogP contribution is 2.20. The van der Waals surface area contributed by atoms with Gasteiger partial charge in [0.05, 0.1) is 0 Å². The van der Waals surface area contributed by atoms with Crippen molar-refractivity contribution in [2.24, 2.45) is 0 Å². The van der Waals surface area contributed by atoms with E-state index >= 15 is 0 Å². The highest BCUT2D eigenvalue weighted by Gasteiger charge is 2.05. The summed E-state index contributed by atoms with van der Waals surface area (Å²) in [5, 5.41) is 3.10. The molecule has 6 heteroatoms. The van der Waals surface area contributed by atoms with Crippen LogP contribution in [0.15, 0.2) is 24.3 Å². The zero-order valence-corrected chi connectivity index (χ0v) is 11.0. The second-order valence-corrected chi connectivity index (χ2v) is 4.41. The summed E-state index contributed by atoms with van der Waals surface area (Å²) >= 11 is 5.88. The number of nitrogens with one attached hydrogen (secondary N) is 1. The van der Waals surface area contributed by atoms with Gasteiger partial charge in [-0.1, -0.05) is 18.5 Å². The van der Waals surface area contributed by atoms with E-state index in [0.717, 1.165) is 12.5 Å². The van der Waals surface area contributed by atoms with E-state index in [1.165, 1.54) is 18.2 Å². The number of hydrogen-bond donors (Lipinski definition) is 1. The third-order valence-electron chi connectivity index (χ3n) is 2.35. The van der Waals surface area contributed by atoms with Crippen LogP contribution >= 0.6 is 11.6 Å². The van der Waals surface area contributed by atoms with E-state index in [0.29, 0.717) is 18.1 Å². The van der Waals surface area contributed by atoms with Crippen LogP contribution in [0.3, 0.4) is 0 Å². The topological polar surface area (TPSA) is 37.8 Å². The molecule has 1 heterocycles. The molecule has 0 aliphatic heterocycles. The van der Waals surface area contributed by atoms with Crippen molar-refractivity contribution in [3.8, 4) is 0 Å². The fourth-order valence-electron chi connectivity index (χ4n) is 1.64. The van der Waals surface area contributed by atoms with Gasteiger partial charge in [-0.2, -0.15) is 0 Å². The predicted molar refractivity (Wildman–Crippen MR) is 70.7 cm³/mol. The molecule has 0 bridgehead atoms. The van der Waals surface area contributed by atoms with Gasteiger partial charge in [0.1, 0.15) is 28.4 Å². The van der Waals surface area contributed by atoms with Crippen LogP contribution in [0.5, 0.6) is 0 Å². The zero-order valence-electron chi connectivity index (χ0n) is 10.3. The van der Waals surface area contributed by atoms with Crippen LogP contribution < -0.4 is 5.32 Å². The average Bonchev–Trinajstić information content (AvgIpc) is 2.26. The molecule has 0 saturated carbocycles. The lowest BCUT2D eigenvalue weighted by atomic mass is 10.3. The van der Waals surface area contributed by atoms with E-state index in [1.807, 2.05) is 6.92 Å². The van der Waals surface area contributed by atoms with E-state index in [-0.39, 0.29) is 10.8 Å². The third-order valence-corrected chi connectivity index (χ3v) is 2.54. The molecule has 0 aliphatic carbocycles. The molecule has 0 aliphatic rings. The van der Waals surface area contributed by atoms with Gasteiger partial charge < -0.3 is 5.32 Å². The molecule has 1 aromatic carbocycles. The van der Waals surface area contributed by atoms with Crippen LogP contribution in [0, 0.1) is 11.6 Å². The number of rotatable bonds is 4. The fraction of sp³-hybridized carbons (Fsp3) is 0.231. The van der Waals surface area contributed by atoms with E-state index < -0.39 is 11.6 Å². The summed E-state index contributed by atoms with van der Waals surface area (Å²) < 4.78 is 26.1. The second kappa shape index (κ2) is 5.93. The minimum Gasteiger partial charge on any atom is -0.340 e. The van der Waals surface area contributed by atoms with Crippen molar-refractivity contribution >= 4 is 23.1 Å². The van der Waals surface area contributed by atoms with Crippen molar-refractivity contribution in [2.45, 2.75) is 19.8 Å². The number of halogens is 3. The van der Waals surface area contributed by atoms with Crippen LogP contribution in [0.25, 0.3) is 0 Å². The molecule has 2 aromatic rings. The van der Waals surface area contributed by atoms with Crippen LogP contribution in [0.4, 0.5) is 20.3 Å². The lowest BCUT2D eigenvalue weighted by Crippen LogP contribution is -2.01. The Hall–Kier alpha value is -1.75. The summed E-state index contributed by atoms with van der Waals surface area (Å²) in [5.41, 5.74) is 0.273. The number of hydrogen-bond acceptors (Lipinski definition) is 3. The monoisotopic (exact) mass is 283 g/mol. The molecule has 0 fully saturated rings. The van der Waals surface area contributed by atoms with Crippen molar-refractivity contribution < 1.29 is 8.78 Å². The first-order valence-electron chi connectivity index (χ1n) is 5.83. The first-order chi connectivity index (χ1) is 9.06. The van der Waals surface area contributed by atoms with Gasteiger partial charge in [-0.3, -0.25) is 0 Å². The molecule has 2 rings (SSSR count). The molecular weight excluding hydrogens is 272 g/mol. The van der Waals surface area contributed by atoms with Crippen LogP contribution in [-0.2, 0) is 6.42 Å². The molecule has 19 heavy (non-hydrogen) atoms. The normalized spacial score (nSPS) is 10.5. The minimum atomic E-state index is -0.656. The zero-order chi connectivity index (χ0) is 13.8. The van der Waals surface area contributed by atoms with Gasteiger partial charge in [0.15, 0.2) is 0 Å². The maximum absolute atomic E-state index is 13.1. The molecule has 0 spiro atoms.